The molecule has 0 fully saturated rings. The minimum Gasteiger partial charge on any atom is -0.488 e. The first kappa shape index (κ1) is 23.0. The smallest absolute Gasteiger partial charge is 0.335 e. The molecule has 0 aliphatic heterocycles. The third-order valence-electron chi connectivity index (χ3n) is 4.78. The molecule has 4 nitrogen and oxygen atoms in total. The lowest BCUT2D eigenvalue weighted by atomic mass is 10.1. The number of hydrogen-bond donors (Lipinski definition) is 0. The average molecular weight is 443 g/mol. The van der Waals surface area contributed by atoms with Crippen LogP contribution in [0.2, 0.25) is 0 Å². The number of hydrogen-bond acceptors (Lipinski definition) is 5. The molecule has 0 radical (unpaired) electrons. The predicted molar refractivity (Wildman–Crippen MR) is 121 cm³/mol. The van der Waals surface area contributed by atoms with Gasteiger partial charge in [-0.05, 0) is 67.8 Å². The maximum absolute atomic E-state index is 13.2. The zero-order valence-electron chi connectivity index (χ0n) is 18.0. The molecule has 0 N–H and O–H groups in total. The number of carbonyl (C=O) groups is 1. The molecule has 0 aliphatic carbocycles. The van der Waals surface area contributed by atoms with E-state index in [0.29, 0.717) is 26.2 Å². The lowest BCUT2D eigenvalue weighted by Crippen LogP contribution is -2.28. The van der Waals surface area contributed by atoms with Gasteiger partial charge in [0, 0.05) is 22.8 Å². The second kappa shape index (κ2) is 11.1. The van der Waals surface area contributed by atoms with Crippen LogP contribution >= 0.6 is 11.3 Å². The van der Waals surface area contributed by atoms with Gasteiger partial charge in [0.2, 0.25) is 0 Å². The minimum absolute atomic E-state index is 0.237. The molecule has 0 amide bonds. The van der Waals surface area contributed by atoms with Crippen LogP contribution in [-0.4, -0.2) is 25.3 Å². The van der Waals surface area contributed by atoms with Crippen LogP contribution in [-0.2, 0) is 27.3 Å². The van der Waals surface area contributed by atoms with Crippen molar-refractivity contribution in [3.63, 3.8) is 0 Å². The van der Waals surface area contributed by atoms with E-state index in [0.717, 1.165) is 32.2 Å². The zero-order chi connectivity index (χ0) is 22.2. The Morgan fingerprint density at radius 2 is 1.74 bits per heavy atom. The molecule has 0 unspecified atom stereocenters. The van der Waals surface area contributed by atoms with Gasteiger partial charge in [0.05, 0.1) is 6.61 Å². The highest BCUT2D eigenvalue weighted by molar-refractivity contribution is 7.15. The van der Waals surface area contributed by atoms with Crippen molar-refractivity contribution in [3.8, 4) is 16.2 Å². The highest BCUT2D eigenvalue weighted by Gasteiger charge is 2.20. The van der Waals surface area contributed by atoms with E-state index in [2.05, 4.69) is 13.0 Å². The summed E-state index contributed by atoms with van der Waals surface area (Å²) < 4.78 is 29.7. The molecule has 0 bridgehead atoms. The van der Waals surface area contributed by atoms with Gasteiger partial charge >= 0.3 is 5.97 Å². The van der Waals surface area contributed by atoms with E-state index in [1.165, 1.54) is 12.1 Å². The molecule has 1 aromatic heterocycles. The Kier molecular flexibility index (Phi) is 8.20. The maximum Gasteiger partial charge on any atom is 0.335 e. The minimum atomic E-state index is -0.602. The van der Waals surface area contributed by atoms with Gasteiger partial charge in [-0.1, -0.05) is 24.3 Å². The van der Waals surface area contributed by atoms with Crippen LogP contribution in [0.4, 0.5) is 4.39 Å². The topological polar surface area (TPSA) is 44.8 Å². The Morgan fingerprint density at radius 1 is 1.03 bits per heavy atom. The van der Waals surface area contributed by atoms with E-state index in [1.807, 2.05) is 31.2 Å². The van der Waals surface area contributed by atoms with Crippen molar-refractivity contribution in [2.75, 3.05) is 13.2 Å². The molecule has 164 valence electrons. The number of ether oxygens (including phenoxy) is 3. The molecule has 31 heavy (non-hydrogen) atoms. The highest BCUT2D eigenvalue weighted by atomic mass is 32.1. The van der Waals surface area contributed by atoms with Crippen molar-refractivity contribution in [1.29, 1.82) is 0 Å². The van der Waals surface area contributed by atoms with E-state index in [4.69, 9.17) is 14.2 Å². The second-order valence-corrected chi connectivity index (χ2v) is 8.19. The van der Waals surface area contributed by atoms with E-state index in [-0.39, 0.29) is 11.8 Å². The summed E-state index contributed by atoms with van der Waals surface area (Å²) >= 11 is 1.65. The van der Waals surface area contributed by atoms with Crippen LogP contribution in [0.25, 0.3) is 10.4 Å². The van der Waals surface area contributed by atoms with Gasteiger partial charge in [0.25, 0.3) is 0 Å². The third kappa shape index (κ3) is 6.39. The molecule has 1 heterocycles. The van der Waals surface area contributed by atoms with E-state index < -0.39 is 6.10 Å². The summed E-state index contributed by atoms with van der Waals surface area (Å²) in [6, 6.07) is 16.3. The summed E-state index contributed by atoms with van der Waals surface area (Å²) in [4.78, 5) is 14.2. The number of carbonyl (C=O) groups excluding carboxylic acids is 1. The largest absolute Gasteiger partial charge is 0.488 e. The van der Waals surface area contributed by atoms with Crippen LogP contribution < -0.4 is 4.74 Å². The highest BCUT2D eigenvalue weighted by Crippen LogP contribution is 2.32. The summed E-state index contributed by atoms with van der Waals surface area (Å²) in [6.07, 6.45) is -0.145. The Hall–Kier alpha value is -2.70. The summed E-state index contributed by atoms with van der Waals surface area (Å²) in [6.45, 7) is 6.93. The quantitative estimate of drug-likeness (QED) is 0.364. The van der Waals surface area contributed by atoms with Gasteiger partial charge in [-0.2, -0.15) is 0 Å². The van der Waals surface area contributed by atoms with Gasteiger partial charge in [-0.3, -0.25) is 0 Å². The Labute approximate surface area is 186 Å². The average Bonchev–Trinajstić information content (AvgIpc) is 3.14. The van der Waals surface area contributed by atoms with Gasteiger partial charge in [-0.25, -0.2) is 9.18 Å². The zero-order valence-corrected chi connectivity index (χ0v) is 18.8. The number of aryl methyl sites for hydroxylation is 1. The van der Waals surface area contributed by atoms with Crippen molar-refractivity contribution in [3.05, 3.63) is 76.4 Å². The Morgan fingerprint density at radius 3 is 2.39 bits per heavy atom. The number of benzene rings is 2. The fourth-order valence-electron chi connectivity index (χ4n) is 3.15. The standard InChI is InChI=1S/C25H27FO4S/c1-4-28-22(25(27)29-5-2)15-18-6-12-21(13-7-18)30-16-24-17(3)14-23(31-24)19-8-10-20(26)11-9-19/h6-14,22H,4-5,15-16H2,1-3H3/t22-/m0/s1. The molecule has 3 aromatic rings. The van der Waals surface area contributed by atoms with E-state index >= 15 is 0 Å². The van der Waals surface area contributed by atoms with Gasteiger partial charge in [-0.15, -0.1) is 11.3 Å². The van der Waals surface area contributed by atoms with Crippen molar-refractivity contribution in [2.45, 2.75) is 39.9 Å². The Bertz CT molecular complexity index is 980. The number of rotatable bonds is 10. The summed E-state index contributed by atoms with van der Waals surface area (Å²) in [5, 5.41) is 0. The molecule has 3 rings (SSSR count). The van der Waals surface area contributed by atoms with Crippen molar-refractivity contribution in [2.24, 2.45) is 0 Å². The molecule has 0 spiro atoms. The lowest BCUT2D eigenvalue weighted by Gasteiger charge is -2.15. The number of halogens is 1. The van der Waals surface area contributed by atoms with Crippen LogP contribution in [0.3, 0.4) is 0 Å². The first-order valence-corrected chi connectivity index (χ1v) is 11.2. The van der Waals surface area contributed by atoms with Crippen molar-refractivity contribution >= 4 is 17.3 Å². The van der Waals surface area contributed by atoms with E-state index in [1.54, 1.807) is 30.4 Å². The van der Waals surface area contributed by atoms with Gasteiger partial charge < -0.3 is 14.2 Å². The normalized spacial score (nSPS) is 11.9. The van der Waals surface area contributed by atoms with Crippen molar-refractivity contribution < 1.29 is 23.4 Å². The summed E-state index contributed by atoms with van der Waals surface area (Å²) in [5.74, 6) is 0.178. The van der Waals surface area contributed by atoms with E-state index in [9.17, 15) is 9.18 Å². The third-order valence-corrected chi connectivity index (χ3v) is 6.04. The maximum atomic E-state index is 13.2. The van der Waals surface area contributed by atoms with Gasteiger partial charge in [0.1, 0.15) is 18.2 Å². The molecule has 6 heteroatoms. The number of esters is 1. The van der Waals surface area contributed by atoms with Crippen LogP contribution in [0.15, 0.2) is 54.6 Å². The van der Waals surface area contributed by atoms with Crippen LogP contribution in [0, 0.1) is 12.7 Å². The molecular weight excluding hydrogens is 415 g/mol. The predicted octanol–water partition coefficient (Wildman–Crippen LogP) is 5.95. The molecule has 1 atom stereocenters. The molecule has 0 aliphatic rings. The fraction of sp³-hybridized carbons (Fsp3) is 0.320. The monoisotopic (exact) mass is 442 g/mol. The van der Waals surface area contributed by atoms with Crippen LogP contribution in [0.1, 0.15) is 29.9 Å². The summed E-state index contributed by atoms with van der Waals surface area (Å²) in [5.41, 5.74) is 3.12. The summed E-state index contributed by atoms with van der Waals surface area (Å²) in [7, 11) is 0. The molecule has 0 saturated heterocycles. The van der Waals surface area contributed by atoms with Gasteiger partial charge in [0.15, 0.2) is 6.10 Å². The number of thiophene rings is 1. The van der Waals surface area contributed by atoms with Crippen LogP contribution in [0.5, 0.6) is 5.75 Å². The molecular formula is C25H27FO4S. The first-order chi connectivity index (χ1) is 15.0. The second-order valence-electron chi connectivity index (χ2n) is 7.06. The molecule has 0 saturated carbocycles. The lowest BCUT2D eigenvalue weighted by molar-refractivity contribution is -0.156. The Balaban J connectivity index is 1.60. The van der Waals surface area contributed by atoms with Crippen molar-refractivity contribution in [1.82, 2.24) is 0 Å². The fourth-order valence-corrected chi connectivity index (χ4v) is 4.24. The molecule has 2 aromatic carbocycles. The SMILES string of the molecule is CCOC(=O)[C@H](Cc1ccc(OCc2sc(-c3ccc(F)cc3)cc2C)cc1)OCC. The first-order valence-electron chi connectivity index (χ1n) is 10.3.